The van der Waals surface area contributed by atoms with Gasteiger partial charge in [0.05, 0.1) is 6.42 Å². The number of carboxylic acids is 1. The first kappa shape index (κ1) is 8.62. The second-order valence-corrected chi connectivity index (χ2v) is 4.25. The Kier molecular flexibility index (Phi) is 1.83. The van der Waals surface area contributed by atoms with Crippen LogP contribution in [0, 0.1) is 6.92 Å². The van der Waals surface area contributed by atoms with Crippen LogP contribution in [0.2, 0.25) is 0 Å². The quantitative estimate of drug-likeness (QED) is 0.796. The molecule has 70 valence electrons. The van der Waals surface area contributed by atoms with Crippen LogP contribution in [0.25, 0.3) is 0 Å². The Morgan fingerprint density at radius 1 is 1.69 bits per heavy atom. The molecule has 13 heavy (non-hydrogen) atoms. The molecular weight excluding hydrogens is 188 g/mol. The molecule has 1 fully saturated rings. The number of aromatic nitrogens is 2. The predicted molar refractivity (Wildman–Crippen MR) is 47.8 cm³/mol. The van der Waals surface area contributed by atoms with Crippen molar-refractivity contribution in [2.24, 2.45) is 0 Å². The fourth-order valence-corrected chi connectivity index (χ4v) is 2.32. The molecule has 0 saturated heterocycles. The topological polar surface area (TPSA) is 63.1 Å². The normalized spacial score (nSPS) is 18.5. The maximum Gasteiger partial charge on any atom is 0.304 e. The molecule has 1 N–H and O–H groups in total. The fourth-order valence-electron chi connectivity index (χ4n) is 1.42. The third kappa shape index (κ3) is 1.56. The summed E-state index contributed by atoms with van der Waals surface area (Å²) in [7, 11) is 0. The summed E-state index contributed by atoms with van der Waals surface area (Å²) in [5.74, 6) is 0.00187. The summed E-state index contributed by atoms with van der Waals surface area (Å²) in [6.45, 7) is 1.83. The van der Waals surface area contributed by atoms with E-state index in [4.69, 9.17) is 5.11 Å². The van der Waals surface area contributed by atoms with Gasteiger partial charge in [-0.1, -0.05) is 0 Å². The lowest BCUT2D eigenvalue weighted by Crippen LogP contribution is -2.12. The Balaban J connectivity index is 2.20. The fraction of sp³-hybridized carbons (Fsp3) is 0.625. The van der Waals surface area contributed by atoms with Crippen molar-refractivity contribution in [3.05, 3.63) is 10.8 Å². The monoisotopic (exact) mass is 198 g/mol. The van der Waals surface area contributed by atoms with Crippen molar-refractivity contribution in [1.29, 1.82) is 0 Å². The van der Waals surface area contributed by atoms with Crippen molar-refractivity contribution in [2.75, 3.05) is 0 Å². The number of hydrogen-bond donors (Lipinski definition) is 1. The maximum absolute atomic E-state index is 10.6. The zero-order chi connectivity index (χ0) is 9.47. The lowest BCUT2D eigenvalue weighted by atomic mass is 10.0. The van der Waals surface area contributed by atoms with Crippen LogP contribution in [-0.2, 0) is 10.2 Å². The summed E-state index contributed by atoms with van der Waals surface area (Å²) in [5.41, 5.74) is -0.169. The molecule has 2 rings (SSSR count). The zero-order valence-corrected chi connectivity index (χ0v) is 8.10. The second-order valence-electron chi connectivity index (χ2n) is 3.50. The third-order valence-corrected chi connectivity index (χ3v) is 3.38. The largest absolute Gasteiger partial charge is 0.481 e. The molecule has 1 aromatic rings. The minimum Gasteiger partial charge on any atom is -0.481 e. The van der Waals surface area contributed by atoms with Gasteiger partial charge in [0.25, 0.3) is 0 Å². The lowest BCUT2D eigenvalue weighted by molar-refractivity contribution is -0.137. The molecule has 1 aliphatic carbocycles. The highest BCUT2D eigenvalue weighted by atomic mass is 32.1. The van der Waals surface area contributed by atoms with Crippen molar-refractivity contribution in [3.8, 4) is 0 Å². The van der Waals surface area contributed by atoms with Crippen LogP contribution in [-0.4, -0.2) is 20.4 Å². The molecule has 1 aromatic heterocycles. The molecule has 1 aliphatic rings. The highest BCUT2D eigenvalue weighted by molar-refractivity contribution is 7.05. The van der Waals surface area contributed by atoms with E-state index in [2.05, 4.69) is 9.36 Å². The molecular formula is C8H10N2O2S. The van der Waals surface area contributed by atoms with Gasteiger partial charge in [-0.05, 0) is 31.3 Å². The van der Waals surface area contributed by atoms with Crippen molar-refractivity contribution in [3.63, 3.8) is 0 Å². The van der Waals surface area contributed by atoms with Gasteiger partial charge >= 0.3 is 5.97 Å². The summed E-state index contributed by atoms with van der Waals surface area (Å²) < 4.78 is 4.07. The number of carboxylic acid groups (broad SMARTS) is 1. The van der Waals surface area contributed by atoms with Crippen molar-refractivity contribution in [1.82, 2.24) is 9.36 Å². The van der Waals surface area contributed by atoms with Crippen LogP contribution in [0.4, 0.5) is 0 Å². The van der Waals surface area contributed by atoms with Gasteiger partial charge in [0.1, 0.15) is 10.8 Å². The first-order chi connectivity index (χ1) is 6.12. The van der Waals surface area contributed by atoms with Gasteiger partial charge in [-0.2, -0.15) is 4.37 Å². The van der Waals surface area contributed by atoms with Gasteiger partial charge in [0, 0.05) is 5.41 Å². The van der Waals surface area contributed by atoms with E-state index in [1.165, 1.54) is 11.5 Å². The van der Waals surface area contributed by atoms with Gasteiger partial charge in [-0.15, -0.1) is 0 Å². The Labute approximate surface area is 79.8 Å². The van der Waals surface area contributed by atoms with E-state index >= 15 is 0 Å². The molecule has 0 spiro atoms. The first-order valence-electron chi connectivity index (χ1n) is 4.15. The Hall–Kier alpha value is -0.970. The highest BCUT2D eigenvalue weighted by Gasteiger charge is 2.48. The summed E-state index contributed by atoms with van der Waals surface area (Å²) in [4.78, 5) is 14.8. The number of aryl methyl sites for hydroxylation is 1. The van der Waals surface area contributed by atoms with Crippen molar-refractivity contribution in [2.45, 2.75) is 31.6 Å². The number of nitrogens with zero attached hydrogens (tertiary/aromatic N) is 2. The number of hydrogen-bond acceptors (Lipinski definition) is 4. The molecule has 0 radical (unpaired) electrons. The average Bonchev–Trinajstić information content (AvgIpc) is 2.65. The summed E-state index contributed by atoms with van der Waals surface area (Å²) in [6, 6.07) is 0. The van der Waals surface area contributed by atoms with E-state index in [0.29, 0.717) is 0 Å². The van der Waals surface area contributed by atoms with E-state index in [1.807, 2.05) is 6.92 Å². The highest BCUT2D eigenvalue weighted by Crippen LogP contribution is 2.51. The van der Waals surface area contributed by atoms with Gasteiger partial charge in [-0.3, -0.25) is 4.79 Å². The van der Waals surface area contributed by atoms with Gasteiger partial charge < -0.3 is 5.11 Å². The van der Waals surface area contributed by atoms with Crippen molar-refractivity contribution >= 4 is 17.5 Å². The minimum atomic E-state index is -0.745. The number of carbonyl (C=O) groups is 1. The maximum atomic E-state index is 10.6. The van der Waals surface area contributed by atoms with E-state index < -0.39 is 5.97 Å². The third-order valence-electron chi connectivity index (χ3n) is 2.32. The second kappa shape index (κ2) is 2.77. The van der Waals surface area contributed by atoms with E-state index in [-0.39, 0.29) is 11.8 Å². The van der Waals surface area contributed by atoms with Crippen LogP contribution >= 0.6 is 11.5 Å². The lowest BCUT2D eigenvalue weighted by Gasteiger charge is -2.06. The summed E-state index contributed by atoms with van der Waals surface area (Å²) >= 11 is 1.34. The average molecular weight is 198 g/mol. The molecule has 0 atom stereocenters. The smallest absolute Gasteiger partial charge is 0.304 e. The first-order valence-corrected chi connectivity index (χ1v) is 4.92. The molecule has 0 unspecified atom stereocenters. The molecule has 1 saturated carbocycles. The Morgan fingerprint density at radius 2 is 2.38 bits per heavy atom. The Bertz CT molecular complexity index is 344. The predicted octanol–water partition coefficient (Wildman–Crippen LogP) is 1.35. The summed E-state index contributed by atoms with van der Waals surface area (Å²) in [6.07, 6.45) is 2.07. The molecule has 0 aliphatic heterocycles. The van der Waals surface area contributed by atoms with E-state index in [0.717, 1.165) is 23.7 Å². The van der Waals surface area contributed by atoms with Crippen LogP contribution in [0.3, 0.4) is 0 Å². The molecule has 0 aromatic carbocycles. The number of rotatable bonds is 3. The summed E-state index contributed by atoms with van der Waals surface area (Å²) in [5, 5.41) is 9.61. The van der Waals surface area contributed by atoms with Gasteiger partial charge in [0.15, 0.2) is 0 Å². The van der Waals surface area contributed by atoms with Crippen LogP contribution < -0.4 is 0 Å². The zero-order valence-electron chi connectivity index (χ0n) is 7.28. The van der Waals surface area contributed by atoms with Crippen LogP contribution in [0.5, 0.6) is 0 Å². The van der Waals surface area contributed by atoms with Gasteiger partial charge in [-0.25, -0.2) is 4.98 Å². The van der Waals surface area contributed by atoms with Crippen molar-refractivity contribution < 1.29 is 9.90 Å². The standard InChI is InChI=1S/C8H10N2O2S/c1-5-9-7(13-10-5)8(2-3-8)4-6(11)12/h2-4H2,1H3,(H,11,12). The van der Waals surface area contributed by atoms with Gasteiger partial charge in [0.2, 0.25) is 0 Å². The molecule has 0 amide bonds. The number of aliphatic carboxylic acids is 1. The SMILES string of the molecule is Cc1nsc(C2(CC(=O)O)CC2)n1. The van der Waals surface area contributed by atoms with E-state index in [1.54, 1.807) is 0 Å². The molecule has 5 heteroatoms. The molecule has 0 bridgehead atoms. The van der Waals surface area contributed by atoms with E-state index in [9.17, 15) is 4.79 Å². The molecule has 1 heterocycles. The Morgan fingerprint density at radius 3 is 2.77 bits per heavy atom. The molecule has 4 nitrogen and oxygen atoms in total. The minimum absolute atomic E-state index is 0.169. The van der Waals surface area contributed by atoms with Crippen LogP contribution in [0.1, 0.15) is 30.1 Å². The van der Waals surface area contributed by atoms with Crippen LogP contribution in [0.15, 0.2) is 0 Å².